The zero-order valence-corrected chi connectivity index (χ0v) is 9.69. The zero-order chi connectivity index (χ0) is 11.4. The minimum Gasteiger partial charge on any atom is -0.352 e. The monoisotopic (exact) mass is 221 g/mol. The molecule has 0 radical (unpaired) electrons. The average Bonchev–Trinajstić information content (AvgIpc) is 2.38. The topological polar surface area (TPSA) is 67.1 Å². The molecule has 0 aliphatic carbocycles. The Morgan fingerprint density at radius 2 is 2.38 bits per heavy atom. The van der Waals surface area contributed by atoms with Crippen LogP contribution in [0.25, 0.3) is 0 Å². The molecule has 0 amide bonds. The van der Waals surface area contributed by atoms with E-state index < -0.39 is 0 Å². The van der Waals surface area contributed by atoms with Gasteiger partial charge < -0.3 is 10.3 Å². The summed E-state index contributed by atoms with van der Waals surface area (Å²) in [5, 5.41) is 0. The fourth-order valence-electron chi connectivity index (χ4n) is 2.29. The number of anilines is 2. The molecule has 0 aromatic carbocycles. The van der Waals surface area contributed by atoms with Gasteiger partial charge in [0.1, 0.15) is 5.82 Å². The van der Waals surface area contributed by atoms with Crippen molar-refractivity contribution in [1.29, 1.82) is 0 Å². The predicted octanol–water partition coefficient (Wildman–Crippen LogP) is 1.53. The SMILES string of the molecule is CCC1CCCCN1c1cncc(NN)n1. The van der Waals surface area contributed by atoms with Crippen LogP contribution in [0.15, 0.2) is 12.4 Å². The molecule has 5 heteroatoms. The molecule has 1 atom stereocenters. The van der Waals surface area contributed by atoms with Crippen LogP contribution in [0.2, 0.25) is 0 Å². The number of aromatic nitrogens is 2. The minimum absolute atomic E-state index is 0.594. The van der Waals surface area contributed by atoms with E-state index in [1.165, 1.54) is 19.3 Å². The highest BCUT2D eigenvalue weighted by molar-refractivity contribution is 5.44. The summed E-state index contributed by atoms with van der Waals surface area (Å²) in [6, 6.07) is 0.594. The van der Waals surface area contributed by atoms with Gasteiger partial charge in [0.15, 0.2) is 5.82 Å². The van der Waals surface area contributed by atoms with E-state index in [4.69, 9.17) is 5.84 Å². The van der Waals surface area contributed by atoms with E-state index in [0.717, 1.165) is 18.8 Å². The Bertz CT molecular complexity index is 341. The van der Waals surface area contributed by atoms with E-state index >= 15 is 0 Å². The Morgan fingerprint density at radius 1 is 1.50 bits per heavy atom. The normalized spacial score (nSPS) is 20.9. The van der Waals surface area contributed by atoms with E-state index in [-0.39, 0.29) is 0 Å². The van der Waals surface area contributed by atoms with Gasteiger partial charge >= 0.3 is 0 Å². The van der Waals surface area contributed by atoms with Gasteiger partial charge in [-0.25, -0.2) is 10.8 Å². The van der Waals surface area contributed by atoms with E-state index in [1.807, 2.05) is 6.20 Å². The van der Waals surface area contributed by atoms with Gasteiger partial charge in [0.25, 0.3) is 0 Å². The lowest BCUT2D eigenvalue weighted by molar-refractivity contribution is 0.446. The van der Waals surface area contributed by atoms with Gasteiger partial charge in [-0.2, -0.15) is 0 Å². The highest BCUT2D eigenvalue weighted by Crippen LogP contribution is 2.24. The molecule has 0 spiro atoms. The number of nitrogens with zero attached hydrogens (tertiary/aromatic N) is 3. The molecule has 1 saturated heterocycles. The van der Waals surface area contributed by atoms with Crippen LogP contribution in [-0.2, 0) is 0 Å². The molecular formula is C11H19N5. The number of hydrogen-bond donors (Lipinski definition) is 2. The standard InChI is InChI=1S/C11H19N5/c1-2-9-5-3-4-6-16(9)11-8-13-7-10(14-11)15-12/h7-9H,2-6,12H2,1H3,(H,14,15). The van der Waals surface area contributed by atoms with Crippen molar-refractivity contribution in [3.63, 3.8) is 0 Å². The fraction of sp³-hybridized carbons (Fsp3) is 0.636. The third kappa shape index (κ3) is 2.24. The second-order valence-electron chi connectivity index (χ2n) is 4.16. The number of piperidine rings is 1. The van der Waals surface area contributed by atoms with E-state index in [9.17, 15) is 0 Å². The lowest BCUT2D eigenvalue weighted by Gasteiger charge is -2.36. The molecule has 0 bridgehead atoms. The maximum atomic E-state index is 5.34. The Kier molecular flexibility index (Phi) is 3.56. The average molecular weight is 221 g/mol. The molecule has 1 fully saturated rings. The smallest absolute Gasteiger partial charge is 0.160 e. The maximum absolute atomic E-state index is 5.34. The van der Waals surface area contributed by atoms with Crippen LogP contribution in [-0.4, -0.2) is 22.6 Å². The highest BCUT2D eigenvalue weighted by atomic mass is 15.3. The van der Waals surface area contributed by atoms with E-state index in [1.54, 1.807) is 6.20 Å². The van der Waals surface area contributed by atoms with Crippen LogP contribution in [0.5, 0.6) is 0 Å². The number of hydrazine groups is 1. The largest absolute Gasteiger partial charge is 0.352 e. The predicted molar refractivity (Wildman–Crippen MR) is 65.1 cm³/mol. The zero-order valence-electron chi connectivity index (χ0n) is 9.69. The molecule has 1 unspecified atom stereocenters. The Hall–Kier alpha value is -1.36. The van der Waals surface area contributed by atoms with Gasteiger partial charge in [0, 0.05) is 12.6 Å². The molecule has 1 aliphatic rings. The van der Waals surface area contributed by atoms with Gasteiger partial charge in [-0.1, -0.05) is 6.92 Å². The summed E-state index contributed by atoms with van der Waals surface area (Å²) in [4.78, 5) is 10.9. The van der Waals surface area contributed by atoms with Gasteiger partial charge in [-0.05, 0) is 25.7 Å². The van der Waals surface area contributed by atoms with Crippen LogP contribution < -0.4 is 16.2 Å². The number of nitrogens with two attached hydrogens (primary N) is 1. The van der Waals surface area contributed by atoms with Gasteiger partial charge in [-0.3, -0.25) is 4.98 Å². The van der Waals surface area contributed by atoms with Crippen LogP contribution in [0.4, 0.5) is 11.6 Å². The summed E-state index contributed by atoms with van der Waals surface area (Å²) in [6.45, 7) is 3.29. The molecule has 1 aromatic rings. The van der Waals surface area contributed by atoms with Crippen molar-refractivity contribution in [2.24, 2.45) is 5.84 Å². The van der Waals surface area contributed by atoms with Crippen molar-refractivity contribution in [2.75, 3.05) is 16.9 Å². The summed E-state index contributed by atoms with van der Waals surface area (Å²) in [7, 11) is 0. The first-order valence-corrected chi connectivity index (χ1v) is 5.90. The third-order valence-electron chi connectivity index (χ3n) is 3.16. The molecule has 88 valence electrons. The molecule has 1 aliphatic heterocycles. The first-order chi connectivity index (χ1) is 7.85. The molecule has 0 saturated carbocycles. The van der Waals surface area contributed by atoms with Crippen molar-refractivity contribution >= 4 is 11.6 Å². The third-order valence-corrected chi connectivity index (χ3v) is 3.16. The summed E-state index contributed by atoms with van der Waals surface area (Å²) in [5.74, 6) is 6.90. The van der Waals surface area contributed by atoms with Crippen LogP contribution in [0.3, 0.4) is 0 Å². The summed E-state index contributed by atoms with van der Waals surface area (Å²) in [6.07, 6.45) is 8.40. The van der Waals surface area contributed by atoms with Crippen molar-refractivity contribution < 1.29 is 0 Å². The second kappa shape index (κ2) is 5.12. The Morgan fingerprint density at radius 3 is 3.12 bits per heavy atom. The molecule has 2 rings (SSSR count). The molecule has 16 heavy (non-hydrogen) atoms. The number of nitrogen functional groups attached to an aromatic ring is 1. The van der Waals surface area contributed by atoms with Crippen molar-refractivity contribution in [3.8, 4) is 0 Å². The molecule has 3 N–H and O–H groups in total. The van der Waals surface area contributed by atoms with Crippen molar-refractivity contribution in [1.82, 2.24) is 9.97 Å². The summed E-state index contributed by atoms with van der Waals surface area (Å²) >= 11 is 0. The van der Waals surface area contributed by atoms with Crippen LogP contribution >= 0.6 is 0 Å². The first-order valence-electron chi connectivity index (χ1n) is 5.90. The minimum atomic E-state index is 0.594. The lowest BCUT2D eigenvalue weighted by atomic mass is 10.0. The molecule has 2 heterocycles. The summed E-state index contributed by atoms with van der Waals surface area (Å²) in [5.41, 5.74) is 2.54. The molecular weight excluding hydrogens is 202 g/mol. The Labute approximate surface area is 96.0 Å². The molecule has 1 aromatic heterocycles. The fourth-order valence-corrected chi connectivity index (χ4v) is 2.29. The van der Waals surface area contributed by atoms with Gasteiger partial charge in [0.05, 0.1) is 12.4 Å². The van der Waals surface area contributed by atoms with E-state index in [0.29, 0.717) is 11.9 Å². The van der Waals surface area contributed by atoms with Gasteiger partial charge in [-0.15, -0.1) is 0 Å². The van der Waals surface area contributed by atoms with Crippen LogP contribution in [0.1, 0.15) is 32.6 Å². The maximum Gasteiger partial charge on any atom is 0.160 e. The number of hydrogen-bond acceptors (Lipinski definition) is 5. The first kappa shape index (κ1) is 11.1. The van der Waals surface area contributed by atoms with Crippen molar-refractivity contribution in [3.05, 3.63) is 12.4 Å². The second-order valence-corrected chi connectivity index (χ2v) is 4.16. The molecule has 5 nitrogen and oxygen atoms in total. The summed E-state index contributed by atoms with van der Waals surface area (Å²) < 4.78 is 0. The number of nitrogens with one attached hydrogen (secondary N) is 1. The quantitative estimate of drug-likeness (QED) is 0.598. The number of rotatable bonds is 3. The van der Waals surface area contributed by atoms with Crippen LogP contribution in [0, 0.1) is 0 Å². The van der Waals surface area contributed by atoms with E-state index in [2.05, 4.69) is 27.2 Å². The lowest BCUT2D eigenvalue weighted by Crippen LogP contribution is -2.39. The van der Waals surface area contributed by atoms with Gasteiger partial charge in [0.2, 0.25) is 0 Å². The van der Waals surface area contributed by atoms with Crippen molar-refractivity contribution in [2.45, 2.75) is 38.6 Å². The Balaban J connectivity index is 2.20. The highest BCUT2D eigenvalue weighted by Gasteiger charge is 2.22.